The third kappa shape index (κ3) is 4.96. The summed E-state index contributed by atoms with van der Waals surface area (Å²) in [6.07, 6.45) is 1.09. The van der Waals surface area contributed by atoms with E-state index in [4.69, 9.17) is 29.1 Å². The van der Waals surface area contributed by atoms with Gasteiger partial charge in [0.2, 0.25) is 5.88 Å². The zero-order valence-corrected chi connectivity index (χ0v) is 21.6. The van der Waals surface area contributed by atoms with Gasteiger partial charge < -0.3 is 34.0 Å². The van der Waals surface area contributed by atoms with Gasteiger partial charge in [-0.3, -0.25) is 14.9 Å². The number of nitrogens with zero attached hydrogens (tertiary/aromatic N) is 3. The van der Waals surface area contributed by atoms with Crippen molar-refractivity contribution in [3.63, 3.8) is 0 Å². The minimum absolute atomic E-state index is 0.0710. The molecule has 2 N–H and O–H groups in total. The monoisotopic (exact) mass is 550 g/mol. The lowest BCUT2D eigenvalue weighted by Crippen LogP contribution is -2.42. The third-order valence-corrected chi connectivity index (χ3v) is 6.95. The molecule has 3 heterocycles. The molecule has 3 aliphatic rings. The van der Waals surface area contributed by atoms with Crippen molar-refractivity contribution in [3.8, 4) is 17.6 Å². The summed E-state index contributed by atoms with van der Waals surface area (Å²) < 4.78 is 27.6. The van der Waals surface area contributed by atoms with Crippen LogP contribution in [0.5, 0.6) is 11.5 Å². The van der Waals surface area contributed by atoms with Crippen molar-refractivity contribution in [2.24, 2.45) is 5.73 Å². The normalized spacial score (nSPS) is 20.9. The smallest absolute Gasteiger partial charge is 0.415 e. The number of nitrogens with two attached hydrogens (primary N) is 1. The van der Waals surface area contributed by atoms with Crippen LogP contribution in [0.25, 0.3) is 0 Å². The fourth-order valence-corrected chi connectivity index (χ4v) is 5.14. The minimum atomic E-state index is -1.05. The summed E-state index contributed by atoms with van der Waals surface area (Å²) in [6, 6.07) is 8.07. The lowest BCUT2D eigenvalue weighted by Gasteiger charge is -2.33. The van der Waals surface area contributed by atoms with Crippen LogP contribution < -0.4 is 15.2 Å². The largest absolute Gasteiger partial charge is 0.490 e. The predicted octanol–water partition coefficient (Wildman–Crippen LogP) is 3.63. The molecule has 0 saturated carbocycles. The maximum absolute atomic E-state index is 13.5. The first-order valence-corrected chi connectivity index (χ1v) is 12.7. The van der Waals surface area contributed by atoms with Gasteiger partial charge in [0.15, 0.2) is 11.5 Å². The second-order valence-corrected chi connectivity index (χ2v) is 9.33. The topological polar surface area (TPSA) is 180 Å². The van der Waals surface area contributed by atoms with E-state index in [2.05, 4.69) is 0 Å². The van der Waals surface area contributed by atoms with Crippen molar-refractivity contribution < 1.29 is 37.9 Å². The molecule has 0 bridgehead atoms. The molecule has 40 heavy (non-hydrogen) atoms. The summed E-state index contributed by atoms with van der Waals surface area (Å²) >= 11 is 0. The van der Waals surface area contributed by atoms with E-state index in [9.17, 15) is 25.0 Å². The number of morpholine rings is 1. The Bertz CT molecular complexity index is 1450. The van der Waals surface area contributed by atoms with E-state index in [1.54, 1.807) is 19.1 Å². The molecule has 1 aliphatic carbocycles. The molecule has 13 nitrogen and oxygen atoms in total. The molecule has 1 aromatic carbocycles. The van der Waals surface area contributed by atoms with Gasteiger partial charge in [0.25, 0.3) is 5.75 Å². The molecule has 2 aromatic rings. The van der Waals surface area contributed by atoms with Crippen LogP contribution in [0.3, 0.4) is 0 Å². The van der Waals surface area contributed by atoms with E-state index in [-0.39, 0.29) is 84.1 Å². The van der Waals surface area contributed by atoms with Crippen LogP contribution in [0.4, 0.5) is 10.5 Å². The van der Waals surface area contributed by atoms with Crippen LogP contribution in [0, 0.1) is 21.4 Å². The highest BCUT2D eigenvalue weighted by atomic mass is 16.6. The fourth-order valence-electron chi connectivity index (χ4n) is 5.14. The first-order valence-electron chi connectivity index (χ1n) is 12.7. The Balaban J connectivity index is 1.60. The van der Waals surface area contributed by atoms with Gasteiger partial charge in [-0.15, -0.1) is 0 Å². The molecule has 0 spiro atoms. The van der Waals surface area contributed by atoms with Crippen LogP contribution in [-0.4, -0.2) is 54.6 Å². The molecule has 13 heteroatoms. The van der Waals surface area contributed by atoms with Crippen LogP contribution >= 0.6 is 0 Å². The van der Waals surface area contributed by atoms with Crippen molar-refractivity contribution in [2.75, 3.05) is 32.9 Å². The summed E-state index contributed by atoms with van der Waals surface area (Å²) in [7, 11) is 0. The number of hydrogen-bond donors (Lipinski definition) is 1. The Morgan fingerprint density at radius 3 is 2.73 bits per heavy atom. The van der Waals surface area contributed by atoms with Crippen molar-refractivity contribution in [1.29, 1.82) is 5.26 Å². The van der Waals surface area contributed by atoms with Crippen molar-refractivity contribution in [3.05, 3.63) is 74.8 Å². The lowest BCUT2D eigenvalue weighted by atomic mass is 9.74. The van der Waals surface area contributed by atoms with E-state index in [0.717, 1.165) is 0 Å². The maximum Gasteiger partial charge on any atom is 0.415 e. The van der Waals surface area contributed by atoms with Gasteiger partial charge in [-0.05, 0) is 30.7 Å². The maximum atomic E-state index is 13.5. The molecular formula is C27H26N4O9. The summed E-state index contributed by atoms with van der Waals surface area (Å²) in [5, 5.41) is 22.2. The van der Waals surface area contributed by atoms with Gasteiger partial charge in [-0.2, -0.15) is 5.26 Å². The molecule has 1 amide bonds. The minimum Gasteiger partial charge on any atom is -0.490 e. The van der Waals surface area contributed by atoms with E-state index < -0.39 is 22.6 Å². The van der Waals surface area contributed by atoms with Crippen molar-refractivity contribution in [2.45, 2.75) is 31.6 Å². The fraction of sp³-hybridized carbons (Fsp3) is 0.370. The Labute approximate surface area is 228 Å². The molecule has 1 saturated heterocycles. The summed E-state index contributed by atoms with van der Waals surface area (Å²) in [6.45, 7) is 2.93. The van der Waals surface area contributed by atoms with Gasteiger partial charge in [0, 0.05) is 43.5 Å². The van der Waals surface area contributed by atoms with Crippen LogP contribution in [0.1, 0.15) is 42.9 Å². The van der Waals surface area contributed by atoms with Gasteiger partial charge >= 0.3 is 11.8 Å². The van der Waals surface area contributed by atoms with E-state index in [0.29, 0.717) is 19.0 Å². The molecule has 208 valence electrons. The van der Waals surface area contributed by atoms with Crippen LogP contribution in [0.15, 0.2) is 57.7 Å². The van der Waals surface area contributed by atoms with Crippen molar-refractivity contribution >= 4 is 17.6 Å². The lowest BCUT2D eigenvalue weighted by molar-refractivity contribution is -0.385. The number of carbonyl (C=O) groups excluding carboxylic acids is 2. The molecule has 2 aliphatic heterocycles. The second kappa shape index (κ2) is 11.1. The Morgan fingerprint density at radius 2 is 2.08 bits per heavy atom. The van der Waals surface area contributed by atoms with Gasteiger partial charge in [-0.25, -0.2) is 4.79 Å². The third-order valence-electron chi connectivity index (χ3n) is 6.95. The first kappa shape index (κ1) is 26.8. The number of carbonyl (C=O) groups is 2. The molecule has 1 fully saturated rings. The summed E-state index contributed by atoms with van der Waals surface area (Å²) in [5.74, 6) is -1.46. The van der Waals surface area contributed by atoms with E-state index in [1.165, 1.54) is 23.3 Å². The number of nitro benzene ring substituents is 1. The number of nitriles is 1. The van der Waals surface area contributed by atoms with Crippen LogP contribution in [-0.2, 0) is 14.3 Å². The van der Waals surface area contributed by atoms with E-state index in [1.807, 2.05) is 6.07 Å². The van der Waals surface area contributed by atoms with E-state index >= 15 is 0 Å². The molecule has 0 radical (unpaired) electrons. The van der Waals surface area contributed by atoms with Gasteiger partial charge in [0.05, 0.1) is 36.9 Å². The number of nitro groups is 1. The second-order valence-electron chi connectivity index (χ2n) is 9.33. The zero-order valence-electron chi connectivity index (χ0n) is 21.6. The molecule has 1 aromatic heterocycles. The summed E-state index contributed by atoms with van der Waals surface area (Å²) in [4.78, 5) is 39.2. The number of furan rings is 1. The number of ketones is 1. The summed E-state index contributed by atoms with van der Waals surface area (Å²) in [5.41, 5.74) is 5.87. The average molecular weight is 551 g/mol. The quantitative estimate of drug-likeness (QED) is 0.410. The highest BCUT2D eigenvalue weighted by Gasteiger charge is 2.43. The van der Waals surface area contributed by atoms with Gasteiger partial charge in [0.1, 0.15) is 23.2 Å². The Hall–Kier alpha value is -4.83. The SMILES string of the molecule is CCOc1cc([C@@H]2C(C#N)=C(N)OC3=C2C(=O)C[C@H](c2ccco2)C3)cc([N+](=O)[O-])c1OC(=O)N1CCOCC1. The number of ether oxygens (including phenoxy) is 4. The first-order chi connectivity index (χ1) is 19.3. The molecule has 0 unspecified atom stereocenters. The molecule has 2 atom stereocenters. The standard InChI is InChI=1S/C27H26N4O9/c1-2-37-22-13-16(10-18(31(34)35)25(22)40-27(33)30-5-8-36-9-6-30)23-17(14-28)26(29)39-21-12-15(11-19(32)24(21)23)20-4-3-7-38-20/h3-4,7,10,13,15,23H,2,5-6,8-9,11-12,29H2,1H3/t15-,23+/m0/s1. The van der Waals surface area contributed by atoms with Crippen molar-refractivity contribution in [1.82, 2.24) is 4.90 Å². The van der Waals surface area contributed by atoms with Gasteiger partial charge in [-0.1, -0.05) is 0 Å². The number of allylic oxidation sites excluding steroid dienone is 3. The number of Topliss-reactive ketones (excluding diaryl/α,β-unsaturated/α-hetero) is 1. The number of hydrogen-bond acceptors (Lipinski definition) is 11. The zero-order chi connectivity index (χ0) is 28.4. The van der Waals surface area contributed by atoms with Crippen LogP contribution in [0.2, 0.25) is 0 Å². The average Bonchev–Trinajstić information content (AvgIpc) is 3.49. The highest BCUT2D eigenvalue weighted by Crippen LogP contribution is 2.49. The number of benzene rings is 1. The Kier molecular flexibility index (Phi) is 7.43. The molecule has 5 rings (SSSR count). The highest BCUT2D eigenvalue weighted by molar-refractivity contribution is 6.00. The Morgan fingerprint density at radius 1 is 1.30 bits per heavy atom. The number of rotatable bonds is 6. The predicted molar refractivity (Wildman–Crippen MR) is 136 cm³/mol. The molecular weight excluding hydrogens is 524 g/mol. The number of amides is 1.